The molecule has 0 unspecified atom stereocenters. The minimum atomic E-state index is -4.07. The van der Waals surface area contributed by atoms with Crippen molar-refractivity contribution < 1.29 is 42.0 Å². The molecule has 6 heterocycles. The maximum absolute atomic E-state index is 14.0. The van der Waals surface area contributed by atoms with Crippen LogP contribution in [0.25, 0.3) is 10.8 Å². The summed E-state index contributed by atoms with van der Waals surface area (Å²) < 4.78 is 32.2. The summed E-state index contributed by atoms with van der Waals surface area (Å²) in [7, 11) is -2.55. The number of carboxylic acids is 1. The zero-order chi connectivity index (χ0) is 34.3. The van der Waals surface area contributed by atoms with Crippen LogP contribution in [-0.4, -0.2) is 135 Å². The fourth-order valence-corrected chi connectivity index (χ4v) is 10.3. The molecule has 14 nitrogen and oxygen atoms in total. The summed E-state index contributed by atoms with van der Waals surface area (Å²) in [6.07, 6.45) is -0.950. The zero-order valence-corrected chi connectivity index (χ0v) is 28.4. The van der Waals surface area contributed by atoms with Crippen molar-refractivity contribution in [1.82, 2.24) is 10.2 Å². The van der Waals surface area contributed by atoms with Crippen LogP contribution in [0, 0.1) is 11.8 Å². The molecule has 5 N–H and O–H groups in total. The van der Waals surface area contributed by atoms with Crippen molar-refractivity contribution in [1.29, 1.82) is 0 Å². The van der Waals surface area contributed by atoms with Crippen LogP contribution in [0.5, 0.6) is 0 Å². The van der Waals surface area contributed by atoms with E-state index >= 15 is 0 Å². The van der Waals surface area contributed by atoms with Gasteiger partial charge in [-0.25, -0.2) is 9.10 Å². The molecule has 0 aromatic heterocycles. The third-order valence-electron chi connectivity index (χ3n) is 11.7. The lowest BCUT2D eigenvalue weighted by Gasteiger charge is -2.55. The number of carbonyl (C=O) groups excluding carboxylic acids is 2. The van der Waals surface area contributed by atoms with E-state index in [1.54, 1.807) is 13.0 Å². The Balaban J connectivity index is 1.17. The summed E-state index contributed by atoms with van der Waals surface area (Å²) in [5, 5.41) is 25.0. The molecule has 0 saturated carbocycles. The highest BCUT2D eigenvalue weighted by atomic mass is 32.2. The van der Waals surface area contributed by atoms with E-state index in [0.717, 1.165) is 71.1 Å². The van der Waals surface area contributed by atoms with E-state index in [4.69, 9.17) is 5.73 Å². The number of aliphatic hydroxyl groups excluding tert-OH is 1. The zero-order valence-electron chi connectivity index (χ0n) is 27.6. The summed E-state index contributed by atoms with van der Waals surface area (Å²) in [5.74, 6) is -2.88. The summed E-state index contributed by atoms with van der Waals surface area (Å²) in [4.78, 5) is 39.0. The number of benzene rings is 2. The van der Waals surface area contributed by atoms with E-state index in [-0.39, 0.29) is 18.1 Å². The molecule has 2 aromatic rings. The number of carboxylic acid groups (broad SMARTS) is 1. The first-order valence-electron chi connectivity index (χ1n) is 16.7. The molecule has 4 fully saturated rings. The average molecular weight is 684 g/mol. The second-order valence-corrected chi connectivity index (χ2v) is 16.3. The second kappa shape index (κ2) is 11.4. The average Bonchev–Trinajstić information content (AvgIpc) is 3.40. The first kappa shape index (κ1) is 32.8. The molecule has 8 rings (SSSR count). The molecular formula is C33H45N7O7S+2. The van der Waals surface area contributed by atoms with Gasteiger partial charge >= 0.3 is 16.2 Å². The molecule has 2 aromatic carbocycles. The Labute approximate surface area is 280 Å². The van der Waals surface area contributed by atoms with E-state index in [9.17, 15) is 33.0 Å². The number of aliphatic carboxylic acids is 1. The molecule has 258 valence electrons. The van der Waals surface area contributed by atoms with E-state index < -0.39 is 46.1 Å². The summed E-state index contributed by atoms with van der Waals surface area (Å²) in [5.41, 5.74) is 7.80. The first-order valence-corrected chi connectivity index (χ1v) is 18.1. The lowest BCUT2D eigenvalue weighted by Crippen LogP contribution is -2.75. The number of nitrogens with one attached hydrogen (secondary N) is 1. The standard InChI is InChI=1S/C33H43N7O7S/c1-20-25(31(33(44)45)38-29(20)28(21(2)41)32(38)43)17-37-26-7-6-23-5-4-22(16-24(23)30(26)36(3)48(37,46)47)18-39-10-13-40(14-11-39,15-12-39)19-27(42)35-9-8-34/h4-7,16,20-21,28-29,41H,8-15,17-19,34H2,1-3H3/p+2/t20-,21+,28+,29+,39?,40?/m0/s1. The van der Waals surface area contributed by atoms with Gasteiger partial charge in [0.05, 0.1) is 36.0 Å². The highest BCUT2D eigenvalue weighted by Crippen LogP contribution is 2.50. The third-order valence-corrected chi connectivity index (χ3v) is 13.4. The Kier molecular flexibility index (Phi) is 7.79. The maximum Gasteiger partial charge on any atom is 0.352 e. The van der Waals surface area contributed by atoms with Crippen LogP contribution in [0.2, 0.25) is 0 Å². The number of anilines is 2. The van der Waals surface area contributed by atoms with Crippen molar-refractivity contribution in [3.05, 3.63) is 47.2 Å². The normalized spacial score (nSPS) is 30.8. The van der Waals surface area contributed by atoms with Gasteiger partial charge in [-0.2, -0.15) is 8.42 Å². The molecule has 6 aliphatic rings. The van der Waals surface area contributed by atoms with E-state index in [1.807, 2.05) is 12.1 Å². The number of hydrogen-bond donors (Lipinski definition) is 4. The highest BCUT2D eigenvalue weighted by Gasteiger charge is 2.60. The van der Waals surface area contributed by atoms with Crippen LogP contribution < -0.4 is 19.7 Å². The van der Waals surface area contributed by atoms with Gasteiger partial charge in [-0.05, 0) is 30.0 Å². The number of aliphatic hydroxyl groups is 1. The lowest BCUT2D eigenvalue weighted by atomic mass is 9.78. The molecule has 2 bridgehead atoms. The van der Waals surface area contributed by atoms with Gasteiger partial charge < -0.3 is 35.1 Å². The number of amides is 2. The topological polar surface area (TPSA) is 174 Å². The van der Waals surface area contributed by atoms with Crippen LogP contribution in [0.1, 0.15) is 19.4 Å². The van der Waals surface area contributed by atoms with Crippen LogP contribution in [0.4, 0.5) is 11.4 Å². The molecule has 0 spiro atoms. The summed E-state index contributed by atoms with van der Waals surface area (Å²) in [6.45, 7) is 11.0. The van der Waals surface area contributed by atoms with E-state index in [1.165, 1.54) is 27.5 Å². The molecule has 0 radical (unpaired) electrons. The number of fused-ring (bicyclic) bond motifs is 7. The fraction of sp³-hybridized carbons (Fsp3) is 0.545. The van der Waals surface area contributed by atoms with Crippen molar-refractivity contribution in [2.45, 2.75) is 32.5 Å². The monoisotopic (exact) mass is 683 g/mol. The molecule has 4 atom stereocenters. The van der Waals surface area contributed by atoms with Crippen molar-refractivity contribution >= 4 is 50.1 Å². The van der Waals surface area contributed by atoms with Crippen molar-refractivity contribution in [2.75, 3.05) is 81.1 Å². The summed E-state index contributed by atoms with van der Waals surface area (Å²) in [6, 6.07) is 9.34. The minimum absolute atomic E-state index is 0.0546. The van der Waals surface area contributed by atoms with Crippen LogP contribution in [0.15, 0.2) is 41.6 Å². The van der Waals surface area contributed by atoms with Gasteiger partial charge in [0, 0.05) is 37.0 Å². The maximum atomic E-state index is 14.0. The molecule has 48 heavy (non-hydrogen) atoms. The molecule has 2 amide bonds. The van der Waals surface area contributed by atoms with E-state index in [0.29, 0.717) is 36.6 Å². The number of quaternary nitrogens is 2. The van der Waals surface area contributed by atoms with E-state index in [2.05, 4.69) is 17.4 Å². The van der Waals surface area contributed by atoms with Crippen molar-refractivity contribution in [2.24, 2.45) is 17.6 Å². The first-order chi connectivity index (χ1) is 22.7. The lowest BCUT2D eigenvalue weighted by molar-refractivity contribution is -1.08. The number of β-lactam (4-membered cyclic amide) rings is 1. The predicted octanol–water partition coefficient (Wildman–Crippen LogP) is -0.227. The number of nitrogens with two attached hydrogens (primary N) is 1. The number of rotatable bonds is 10. The van der Waals surface area contributed by atoms with Gasteiger partial charge in [0.2, 0.25) is 5.91 Å². The van der Waals surface area contributed by atoms with Crippen LogP contribution >= 0.6 is 0 Å². The largest absolute Gasteiger partial charge is 0.477 e. The van der Waals surface area contributed by atoms with Gasteiger partial charge in [0.25, 0.3) is 5.91 Å². The Morgan fingerprint density at radius 1 is 1.08 bits per heavy atom. The Bertz CT molecular complexity index is 1840. The SMILES string of the molecule is C[C@@H](O)[C@H]1C(=O)N2C(C(=O)O)=C(CN3c4ccc5ccc(C[N+]67CC[N+](CC(=O)NCCN)(CC6)CC7)cc5c4N(C)S3(=O)=O)[C@H](C)[C@H]12. The van der Waals surface area contributed by atoms with Crippen LogP contribution in [0.3, 0.4) is 0 Å². The van der Waals surface area contributed by atoms with Gasteiger partial charge in [-0.3, -0.25) is 13.9 Å². The van der Waals surface area contributed by atoms with Crippen molar-refractivity contribution in [3.63, 3.8) is 0 Å². The minimum Gasteiger partial charge on any atom is -0.477 e. The van der Waals surface area contributed by atoms with Crippen molar-refractivity contribution in [3.8, 4) is 0 Å². The second-order valence-electron chi connectivity index (χ2n) is 14.4. The number of nitrogens with zero attached hydrogens (tertiary/aromatic N) is 5. The third kappa shape index (κ3) is 4.89. The highest BCUT2D eigenvalue weighted by molar-refractivity contribution is 7.94. The van der Waals surface area contributed by atoms with Gasteiger partial charge in [-0.15, -0.1) is 0 Å². The fourth-order valence-electron chi connectivity index (χ4n) is 8.91. The molecule has 0 aliphatic carbocycles. The van der Waals surface area contributed by atoms with Gasteiger partial charge in [0.1, 0.15) is 51.5 Å². The number of hydrogen-bond acceptors (Lipinski definition) is 7. The Morgan fingerprint density at radius 3 is 2.35 bits per heavy atom. The van der Waals surface area contributed by atoms with Gasteiger partial charge in [0.15, 0.2) is 6.54 Å². The number of carbonyl (C=O) groups is 3. The molecule has 4 saturated heterocycles. The quantitative estimate of drug-likeness (QED) is 0.196. The predicted molar refractivity (Wildman–Crippen MR) is 179 cm³/mol. The van der Waals surface area contributed by atoms with Gasteiger partial charge in [-0.1, -0.05) is 25.1 Å². The molecule has 6 aliphatic heterocycles. The Hall–Kier alpha value is -3.76. The smallest absolute Gasteiger partial charge is 0.352 e. The Morgan fingerprint density at radius 2 is 1.73 bits per heavy atom. The number of piperazine rings is 3. The molecular weight excluding hydrogens is 638 g/mol. The van der Waals surface area contributed by atoms with Crippen LogP contribution in [-0.2, 0) is 31.1 Å². The summed E-state index contributed by atoms with van der Waals surface area (Å²) >= 11 is 0. The molecule has 15 heteroatoms.